The summed E-state index contributed by atoms with van der Waals surface area (Å²) in [7, 11) is 0. The van der Waals surface area contributed by atoms with E-state index in [9.17, 15) is 19.5 Å². The number of anilines is 1. The van der Waals surface area contributed by atoms with Gasteiger partial charge in [0.25, 0.3) is 11.1 Å². The van der Waals surface area contributed by atoms with Gasteiger partial charge in [-0.2, -0.15) is 0 Å². The summed E-state index contributed by atoms with van der Waals surface area (Å²) in [5.41, 5.74) is 2.55. The first-order valence-electron chi connectivity index (χ1n) is 7.59. The molecule has 1 saturated heterocycles. The summed E-state index contributed by atoms with van der Waals surface area (Å²) in [6, 6.07) is 13.5. The van der Waals surface area contributed by atoms with Crippen LogP contribution in [0.25, 0.3) is 0 Å². The third-order valence-electron chi connectivity index (χ3n) is 3.78. The van der Waals surface area contributed by atoms with Gasteiger partial charge < -0.3 is 15.2 Å². The number of carbonyl (C=O) groups excluding carboxylic acids is 3. The van der Waals surface area contributed by atoms with Crippen molar-refractivity contribution in [2.45, 2.75) is 18.8 Å². The molecule has 0 saturated carbocycles. The molecule has 1 atom stereocenters. The average molecular weight is 355 g/mol. The Morgan fingerprint density at radius 2 is 1.92 bits per heavy atom. The molecule has 1 heterocycles. The maximum Gasteiger partial charge on any atom is 0.291 e. The molecule has 6 nitrogen and oxygen atoms in total. The van der Waals surface area contributed by atoms with Gasteiger partial charge in [0.1, 0.15) is 0 Å². The number of aryl methyl sites for hydroxylation is 1. The standard InChI is InChI=1S/C18H16N2O4S/c1-11-3-2-4-14(9-11)19-15-16(21)20(18(24)25-15)10-12-5-7-13(8-6-12)17(22)23/h2-9,15,19H,10H2,1H3,(H,22,23)/p-1/t15-/m1/s1. The van der Waals surface area contributed by atoms with Gasteiger partial charge in [-0.1, -0.05) is 36.4 Å². The van der Waals surface area contributed by atoms with Crippen LogP contribution in [0, 0.1) is 6.92 Å². The van der Waals surface area contributed by atoms with Crippen molar-refractivity contribution < 1.29 is 19.5 Å². The zero-order valence-corrected chi connectivity index (χ0v) is 14.2. The lowest BCUT2D eigenvalue weighted by Crippen LogP contribution is -2.34. The maximum atomic E-state index is 12.5. The van der Waals surface area contributed by atoms with Crippen LogP contribution in [0.2, 0.25) is 0 Å². The third kappa shape index (κ3) is 3.83. The van der Waals surface area contributed by atoms with Crippen molar-refractivity contribution in [1.29, 1.82) is 0 Å². The average Bonchev–Trinajstić information content (AvgIpc) is 2.83. The SMILES string of the molecule is Cc1cccc(N[C@@H]2SC(=O)N(Cc3ccc(C(=O)[O-])cc3)C2=O)c1. The first kappa shape index (κ1) is 17.0. The Labute approximate surface area is 148 Å². The smallest absolute Gasteiger partial charge is 0.291 e. The number of thioether (sulfide) groups is 1. The second kappa shape index (κ2) is 6.98. The van der Waals surface area contributed by atoms with E-state index in [4.69, 9.17) is 0 Å². The molecule has 7 heteroatoms. The molecular weight excluding hydrogens is 340 g/mol. The molecule has 1 aliphatic heterocycles. The second-order valence-electron chi connectivity index (χ2n) is 5.69. The predicted molar refractivity (Wildman–Crippen MR) is 92.9 cm³/mol. The molecule has 0 aromatic heterocycles. The minimum absolute atomic E-state index is 0.0520. The lowest BCUT2D eigenvalue weighted by molar-refractivity contribution is -0.255. The van der Waals surface area contributed by atoms with Gasteiger partial charge in [-0.25, -0.2) is 0 Å². The Balaban J connectivity index is 1.69. The first-order chi connectivity index (χ1) is 11.9. The minimum atomic E-state index is -1.27. The van der Waals surface area contributed by atoms with Crippen LogP contribution >= 0.6 is 11.8 Å². The maximum absolute atomic E-state index is 12.5. The molecule has 0 aliphatic carbocycles. The van der Waals surface area contributed by atoms with Crippen molar-refractivity contribution in [3.63, 3.8) is 0 Å². The van der Waals surface area contributed by atoms with Crippen LogP contribution in [-0.2, 0) is 11.3 Å². The number of nitrogens with one attached hydrogen (secondary N) is 1. The monoisotopic (exact) mass is 355 g/mol. The Bertz CT molecular complexity index is 835. The van der Waals surface area contributed by atoms with E-state index in [1.54, 1.807) is 12.1 Å². The van der Waals surface area contributed by atoms with E-state index < -0.39 is 11.3 Å². The zero-order valence-electron chi connectivity index (χ0n) is 13.4. The lowest BCUT2D eigenvalue weighted by Gasteiger charge is -2.15. The molecule has 128 valence electrons. The number of carboxylic acids is 1. The van der Waals surface area contributed by atoms with Gasteiger partial charge in [0.15, 0.2) is 5.37 Å². The predicted octanol–water partition coefficient (Wildman–Crippen LogP) is 1.99. The van der Waals surface area contributed by atoms with E-state index in [1.807, 2.05) is 31.2 Å². The molecule has 0 radical (unpaired) electrons. The summed E-state index contributed by atoms with van der Waals surface area (Å²) >= 11 is 0.932. The molecule has 3 rings (SSSR count). The summed E-state index contributed by atoms with van der Waals surface area (Å²) < 4.78 is 0. The molecule has 2 aromatic rings. The van der Waals surface area contributed by atoms with Crippen molar-refractivity contribution in [2.75, 3.05) is 5.32 Å². The van der Waals surface area contributed by atoms with Crippen LogP contribution in [0.15, 0.2) is 48.5 Å². The van der Waals surface area contributed by atoms with Crippen LogP contribution in [0.3, 0.4) is 0 Å². The number of imide groups is 1. The number of rotatable bonds is 5. The van der Waals surface area contributed by atoms with Gasteiger partial charge in [-0.3, -0.25) is 14.5 Å². The number of benzene rings is 2. The molecule has 0 spiro atoms. The number of aromatic carboxylic acids is 1. The van der Waals surface area contributed by atoms with E-state index in [1.165, 1.54) is 12.1 Å². The highest BCUT2D eigenvalue weighted by atomic mass is 32.2. The summed E-state index contributed by atoms with van der Waals surface area (Å²) in [5, 5.41) is 12.8. The van der Waals surface area contributed by atoms with Crippen LogP contribution in [0.1, 0.15) is 21.5 Å². The molecular formula is C18H15N2O4S-. The Kier molecular flexibility index (Phi) is 4.76. The highest BCUT2D eigenvalue weighted by molar-refractivity contribution is 8.15. The molecule has 1 aliphatic rings. The molecule has 1 N–H and O–H groups in total. The number of amides is 2. The molecule has 2 aromatic carbocycles. The largest absolute Gasteiger partial charge is 0.545 e. The van der Waals surface area contributed by atoms with E-state index in [-0.39, 0.29) is 23.3 Å². The van der Waals surface area contributed by atoms with Crippen molar-refractivity contribution >= 4 is 34.6 Å². The van der Waals surface area contributed by atoms with Crippen molar-refractivity contribution in [3.8, 4) is 0 Å². The van der Waals surface area contributed by atoms with Crippen molar-refractivity contribution in [2.24, 2.45) is 0 Å². The molecule has 1 fully saturated rings. The number of hydrogen-bond donors (Lipinski definition) is 1. The highest BCUT2D eigenvalue weighted by Crippen LogP contribution is 2.29. The van der Waals surface area contributed by atoms with Crippen LogP contribution in [0.5, 0.6) is 0 Å². The summed E-state index contributed by atoms with van der Waals surface area (Å²) in [5.74, 6) is -1.58. The topological polar surface area (TPSA) is 89.5 Å². The summed E-state index contributed by atoms with van der Waals surface area (Å²) in [6.07, 6.45) is 0. The van der Waals surface area contributed by atoms with Crippen LogP contribution in [0.4, 0.5) is 10.5 Å². The number of carboxylic acid groups (broad SMARTS) is 1. The number of nitrogens with zero attached hydrogens (tertiary/aromatic N) is 1. The van der Waals surface area contributed by atoms with Crippen LogP contribution in [-0.4, -0.2) is 27.4 Å². The van der Waals surface area contributed by atoms with Crippen molar-refractivity contribution in [3.05, 3.63) is 65.2 Å². The number of carbonyl (C=O) groups is 3. The van der Waals surface area contributed by atoms with E-state index in [0.717, 1.165) is 27.9 Å². The highest BCUT2D eigenvalue weighted by Gasteiger charge is 2.39. The summed E-state index contributed by atoms with van der Waals surface area (Å²) in [4.78, 5) is 36.6. The molecule has 0 unspecified atom stereocenters. The van der Waals surface area contributed by atoms with Gasteiger partial charge >= 0.3 is 0 Å². The van der Waals surface area contributed by atoms with E-state index in [2.05, 4.69) is 5.32 Å². The molecule has 2 amide bonds. The van der Waals surface area contributed by atoms with Crippen LogP contribution < -0.4 is 10.4 Å². The van der Waals surface area contributed by atoms with E-state index >= 15 is 0 Å². The van der Waals surface area contributed by atoms with E-state index in [0.29, 0.717) is 5.56 Å². The fourth-order valence-corrected chi connectivity index (χ4v) is 3.40. The van der Waals surface area contributed by atoms with Gasteiger partial charge in [-0.15, -0.1) is 0 Å². The molecule has 25 heavy (non-hydrogen) atoms. The fraction of sp³-hybridized carbons (Fsp3) is 0.167. The van der Waals surface area contributed by atoms with Gasteiger partial charge in [0.2, 0.25) is 0 Å². The third-order valence-corrected chi connectivity index (χ3v) is 4.75. The van der Waals surface area contributed by atoms with Gasteiger partial charge in [0, 0.05) is 5.69 Å². The Morgan fingerprint density at radius 3 is 2.56 bits per heavy atom. The Morgan fingerprint density at radius 1 is 1.20 bits per heavy atom. The minimum Gasteiger partial charge on any atom is -0.545 e. The normalized spacial score (nSPS) is 17.0. The van der Waals surface area contributed by atoms with Crippen molar-refractivity contribution in [1.82, 2.24) is 4.90 Å². The molecule has 0 bridgehead atoms. The quantitative estimate of drug-likeness (QED) is 0.882. The second-order valence-corrected chi connectivity index (χ2v) is 6.74. The number of hydrogen-bond acceptors (Lipinski definition) is 6. The van der Waals surface area contributed by atoms with Gasteiger partial charge in [-0.05, 0) is 47.5 Å². The Hall–Kier alpha value is -2.80. The fourth-order valence-electron chi connectivity index (χ4n) is 2.50. The zero-order chi connectivity index (χ0) is 18.0. The lowest BCUT2D eigenvalue weighted by atomic mass is 10.1. The van der Waals surface area contributed by atoms with Gasteiger partial charge in [0.05, 0.1) is 12.5 Å². The summed E-state index contributed by atoms with van der Waals surface area (Å²) in [6.45, 7) is 2.05. The first-order valence-corrected chi connectivity index (χ1v) is 8.47.